The van der Waals surface area contributed by atoms with E-state index in [0.717, 1.165) is 5.92 Å². The summed E-state index contributed by atoms with van der Waals surface area (Å²) >= 11 is 0. The maximum Gasteiger partial charge on any atom is 0.0367 e. The van der Waals surface area contributed by atoms with Crippen LogP contribution in [0.1, 0.15) is 57.4 Å². The second-order valence-corrected chi connectivity index (χ2v) is 7.04. The van der Waals surface area contributed by atoms with E-state index in [4.69, 9.17) is 0 Å². The Hall–Kier alpha value is -1.02. The largest absolute Gasteiger partial charge is 0.369 e. The van der Waals surface area contributed by atoms with Crippen LogP contribution in [0.25, 0.3) is 0 Å². The van der Waals surface area contributed by atoms with E-state index in [0.29, 0.717) is 6.04 Å². The maximum absolute atomic E-state index is 2.58. The Bertz CT molecular complexity index is 423. The third-order valence-electron chi connectivity index (χ3n) is 5.38. The summed E-state index contributed by atoms with van der Waals surface area (Å²) < 4.78 is 0. The molecule has 21 heavy (non-hydrogen) atoms. The maximum atomic E-state index is 2.58. The van der Waals surface area contributed by atoms with Crippen molar-refractivity contribution in [1.82, 2.24) is 4.90 Å². The van der Waals surface area contributed by atoms with Gasteiger partial charge in [-0.3, -0.25) is 4.90 Å². The van der Waals surface area contributed by atoms with E-state index in [1.54, 1.807) is 5.56 Å². The summed E-state index contributed by atoms with van der Waals surface area (Å²) in [5.41, 5.74) is 2.98. The molecule has 0 radical (unpaired) electrons. The molecule has 1 saturated heterocycles. The van der Waals surface area contributed by atoms with E-state index >= 15 is 0 Å². The second kappa shape index (κ2) is 6.83. The van der Waals surface area contributed by atoms with Crippen LogP contribution in [0.2, 0.25) is 0 Å². The van der Waals surface area contributed by atoms with Gasteiger partial charge in [-0.15, -0.1) is 0 Å². The van der Waals surface area contributed by atoms with Crippen LogP contribution in [0, 0.1) is 0 Å². The minimum Gasteiger partial charge on any atom is -0.369 e. The van der Waals surface area contributed by atoms with Crippen LogP contribution < -0.4 is 4.90 Å². The van der Waals surface area contributed by atoms with Gasteiger partial charge in [-0.05, 0) is 50.3 Å². The molecule has 1 aliphatic carbocycles. The average molecular weight is 286 g/mol. The van der Waals surface area contributed by atoms with Gasteiger partial charge in [-0.2, -0.15) is 0 Å². The molecule has 2 aliphatic rings. The number of piperazine rings is 1. The molecule has 1 aliphatic heterocycles. The Morgan fingerprint density at radius 2 is 1.48 bits per heavy atom. The predicted octanol–water partition coefficient (Wildman–Crippen LogP) is 4.26. The summed E-state index contributed by atoms with van der Waals surface area (Å²) in [6, 6.07) is 10.2. The van der Waals surface area contributed by atoms with E-state index < -0.39 is 0 Å². The van der Waals surface area contributed by atoms with E-state index in [-0.39, 0.29) is 0 Å². The minimum absolute atomic E-state index is 0.681. The molecule has 2 nitrogen and oxygen atoms in total. The van der Waals surface area contributed by atoms with Crippen molar-refractivity contribution in [2.75, 3.05) is 31.1 Å². The van der Waals surface area contributed by atoms with Crippen molar-refractivity contribution in [3.8, 4) is 0 Å². The van der Waals surface area contributed by atoms with Gasteiger partial charge in [0.05, 0.1) is 0 Å². The molecule has 0 spiro atoms. The summed E-state index contributed by atoms with van der Waals surface area (Å²) in [5, 5.41) is 0. The molecular formula is C19H30N2. The average Bonchev–Trinajstić information content (AvgIpc) is 2.56. The van der Waals surface area contributed by atoms with E-state index in [1.165, 1.54) is 64.0 Å². The number of nitrogens with zero attached hydrogens (tertiary/aromatic N) is 2. The standard InChI is InChI=1S/C19H30N2/c1-16(2)20-12-14-21(15-13-20)19-10-8-18(9-11-19)17-6-4-3-5-7-17/h8-11,16-17H,3-7,12-15H2,1-2H3. The monoisotopic (exact) mass is 286 g/mol. The van der Waals surface area contributed by atoms with Crippen LogP contribution in [-0.4, -0.2) is 37.1 Å². The van der Waals surface area contributed by atoms with Crippen LogP contribution in [0.3, 0.4) is 0 Å². The number of hydrogen-bond acceptors (Lipinski definition) is 2. The van der Waals surface area contributed by atoms with Gasteiger partial charge in [0.25, 0.3) is 0 Å². The topological polar surface area (TPSA) is 6.48 Å². The van der Waals surface area contributed by atoms with Crippen LogP contribution in [0.4, 0.5) is 5.69 Å². The Balaban J connectivity index is 1.59. The van der Waals surface area contributed by atoms with Crippen molar-refractivity contribution >= 4 is 5.69 Å². The Labute approximate surface area is 130 Å². The first-order valence-electron chi connectivity index (χ1n) is 8.83. The van der Waals surface area contributed by atoms with Gasteiger partial charge in [0, 0.05) is 37.9 Å². The van der Waals surface area contributed by atoms with Gasteiger partial charge in [0.2, 0.25) is 0 Å². The minimum atomic E-state index is 0.681. The van der Waals surface area contributed by atoms with E-state index in [2.05, 4.69) is 47.9 Å². The highest BCUT2D eigenvalue weighted by molar-refractivity contribution is 5.48. The Morgan fingerprint density at radius 3 is 2.05 bits per heavy atom. The predicted molar refractivity (Wildman–Crippen MR) is 91.2 cm³/mol. The zero-order valence-corrected chi connectivity index (χ0v) is 13.7. The third kappa shape index (κ3) is 3.60. The molecule has 0 aromatic heterocycles. The third-order valence-corrected chi connectivity index (χ3v) is 5.38. The molecular weight excluding hydrogens is 256 g/mol. The fourth-order valence-electron chi connectivity index (χ4n) is 3.89. The smallest absolute Gasteiger partial charge is 0.0367 e. The fourth-order valence-corrected chi connectivity index (χ4v) is 3.89. The molecule has 1 aromatic rings. The molecule has 2 heteroatoms. The van der Waals surface area contributed by atoms with Crippen molar-refractivity contribution < 1.29 is 0 Å². The van der Waals surface area contributed by atoms with Gasteiger partial charge >= 0.3 is 0 Å². The molecule has 3 rings (SSSR count). The first-order chi connectivity index (χ1) is 10.2. The van der Waals surface area contributed by atoms with E-state index in [9.17, 15) is 0 Å². The lowest BCUT2D eigenvalue weighted by molar-refractivity contribution is 0.209. The second-order valence-electron chi connectivity index (χ2n) is 7.04. The van der Waals surface area contributed by atoms with Crippen LogP contribution in [0.5, 0.6) is 0 Å². The van der Waals surface area contributed by atoms with Crippen molar-refractivity contribution in [2.24, 2.45) is 0 Å². The number of rotatable bonds is 3. The normalized spacial score (nSPS) is 22.0. The van der Waals surface area contributed by atoms with Gasteiger partial charge in [0.15, 0.2) is 0 Å². The Morgan fingerprint density at radius 1 is 0.857 bits per heavy atom. The van der Waals surface area contributed by atoms with E-state index in [1.807, 2.05) is 0 Å². The molecule has 0 amide bonds. The summed E-state index contributed by atoms with van der Waals surface area (Å²) in [4.78, 5) is 5.12. The van der Waals surface area contributed by atoms with Crippen LogP contribution in [0.15, 0.2) is 24.3 Å². The van der Waals surface area contributed by atoms with Crippen molar-refractivity contribution in [1.29, 1.82) is 0 Å². The summed E-state index contributed by atoms with van der Waals surface area (Å²) in [6.07, 6.45) is 7.07. The highest BCUT2D eigenvalue weighted by Crippen LogP contribution is 2.33. The molecule has 0 N–H and O–H groups in total. The summed E-state index contributed by atoms with van der Waals surface area (Å²) in [6.45, 7) is 9.33. The highest BCUT2D eigenvalue weighted by atomic mass is 15.3. The first kappa shape index (κ1) is 14.9. The van der Waals surface area contributed by atoms with Gasteiger partial charge < -0.3 is 4.90 Å². The molecule has 0 bridgehead atoms. The molecule has 0 atom stereocenters. The molecule has 0 unspecified atom stereocenters. The molecule has 1 saturated carbocycles. The molecule has 2 fully saturated rings. The lowest BCUT2D eigenvalue weighted by Crippen LogP contribution is -2.48. The number of benzene rings is 1. The zero-order valence-electron chi connectivity index (χ0n) is 13.7. The van der Waals surface area contributed by atoms with Crippen LogP contribution in [-0.2, 0) is 0 Å². The molecule has 116 valence electrons. The quantitative estimate of drug-likeness (QED) is 0.819. The lowest BCUT2D eigenvalue weighted by atomic mass is 9.84. The zero-order chi connectivity index (χ0) is 14.7. The van der Waals surface area contributed by atoms with Crippen LogP contribution >= 0.6 is 0 Å². The Kier molecular flexibility index (Phi) is 4.84. The fraction of sp³-hybridized carbons (Fsp3) is 0.684. The number of hydrogen-bond donors (Lipinski definition) is 0. The van der Waals surface area contributed by atoms with Crippen molar-refractivity contribution in [3.05, 3.63) is 29.8 Å². The summed E-state index contributed by atoms with van der Waals surface area (Å²) in [7, 11) is 0. The molecule has 1 aromatic carbocycles. The number of anilines is 1. The van der Waals surface area contributed by atoms with Crippen molar-refractivity contribution in [3.63, 3.8) is 0 Å². The summed E-state index contributed by atoms with van der Waals surface area (Å²) in [5.74, 6) is 0.825. The van der Waals surface area contributed by atoms with Gasteiger partial charge in [0.1, 0.15) is 0 Å². The SMILES string of the molecule is CC(C)N1CCN(c2ccc(C3CCCCC3)cc2)CC1. The van der Waals surface area contributed by atoms with Crippen molar-refractivity contribution in [2.45, 2.75) is 57.9 Å². The van der Waals surface area contributed by atoms with Gasteiger partial charge in [-0.1, -0.05) is 31.4 Å². The van der Waals surface area contributed by atoms with Gasteiger partial charge in [-0.25, -0.2) is 0 Å². The lowest BCUT2D eigenvalue weighted by Gasteiger charge is -2.38. The highest BCUT2D eigenvalue weighted by Gasteiger charge is 2.20. The first-order valence-corrected chi connectivity index (χ1v) is 8.83. The molecule has 1 heterocycles.